The molecule has 0 amide bonds. The first-order chi connectivity index (χ1) is 9.15. The van der Waals surface area contributed by atoms with E-state index < -0.39 is 35.5 Å². The quantitative estimate of drug-likeness (QED) is 0.686. The lowest BCUT2D eigenvalue weighted by atomic mass is 9.88. The zero-order valence-corrected chi connectivity index (χ0v) is 11.0. The maximum Gasteiger partial charge on any atom is 0.416 e. The van der Waals surface area contributed by atoms with E-state index in [0.717, 1.165) is 19.2 Å². The van der Waals surface area contributed by atoms with Crippen LogP contribution in [0.4, 0.5) is 17.6 Å². The highest BCUT2D eigenvalue weighted by Crippen LogP contribution is 2.33. The van der Waals surface area contributed by atoms with Crippen molar-refractivity contribution in [2.45, 2.75) is 31.5 Å². The van der Waals surface area contributed by atoms with E-state index in [1.54, 1.807) is 0 Å². The van der Waals surface area contributed by atoms with Crippen molar-refractivity contribution in [3.63, 3.8) is 0 Å². The number of nitrogens with two attached hydrogens (primary N) is 1. The predicted molar refractivity (Wildman–Crippen MR) is 64.4 cm³/mol. The molecular formula is C13H15F4NO2. The number of methoxy groups -OCH3 is 1. The number of halogens is 4. The molecule has 7 heteroatoms. The number of rotatable bonds is 4. The molecule has 0 aliphatic carbocycles. The average molecular weight is 293 g/mol. The standard InChI is InChI=1S/C13H15F4NO2/c1-7(18)11(6-12(19)20-2)8-3-9(13(15,16)17)5-10(14)4-8/h3-5,7,11H,6,18H2,1-2H3. The summed E-state index contributed by atoms with van der Waals surface area (Å²) in [5.41, 5.74) is 4.59. The van der Waals surface area contributed by atoms with Gasteiger partial charge in [0.1, 0.15) is 5.82 Å². The average Bonchev–Trinajstić information content (AvgIpc) is 2.33. The molecule has 2 unspecified atom stereocenters. The molecule has 0 aliphatic heterocycles. The van der Waals surface area contributed by atoms with Gasteiger partial charge in [0.25, 0.3) is 0 Å². The fourth-order valence-electron chi connectivity index (χ4n) is 1.86. The maximum absolute atomic E-state index is 13.3. The molecule has 112 valence electrons. The molecule has 3 nitrogen and oxygen atoms in total. The van der Waals surface area contributed by atoms with Gasteiger partial charge in [-0.2, -0.15) is 13.2 Å². The minimum atomic E-state index is -4.66. The van der Waals surface area contributed by atoms with Gasteiger partial charge in [-0.3, -0.25) is 4.79 Å². The van der Waals surface area contributed by atoms with Crippen molar-refractivity contribution in [2.75, 3.05) is 7.11 Å². The van der Waals surface area contributed by atoms with E-state index in [1.807, 2.05) is 0 Å². The van der Waals surface area contributed by atoms with Crippen molar-refractivity contribution >= 4 is 5.97 Å². The zero-order chi connectivity index (χ0) is 15.5. The number of hydrogen-bond donors (Lipinski definition) is 1. The Morgan fingerprint density at radius 3 is 2.40 bits per heavy atom. The van der Waals surface area contributed by atoms with Gasteiger partial charge in [0, 0.05) is 12.0 Å². The summed E-state index contributed by atoms with van der Waals surface area (Å²) in [6.45, 7) is 1.53. The zero-order valence-electron chi connectivity index (χ0n) is 11.0. The Morgan fingerprint density at radius 1 is 1.35 bits per heavy atom. The van der Waals surface area contributed by atoms with Crippen LogP contribution in [-0.2, 0) is 15.7 Å². The molecule has 1 rings (SSSR count). The Hall–Kier alpha value is -1.63. The van der Waals surface area contributed by atoms with Gasteiger partial charge in [-0.25, -0.2) is 4.39 Å². The molecule has 0 spiro atoms. The van der Waals surface area contributed by atoms with Crippen LogP contribution >= 0.6 is 0 Å². The highest BCUT2D eigenvalue weighted by Gasteiger charge is 2.32. The summed E-state index contributed by atoms with van der Waals surface area (Å²) in [4.78, 5) is 11.3. The molecule has 1 aromatic carbocycles. The van der Waals surface area contributed by atoms with E-state index in [4.69, 9.17) is 5.73 Å². The Bertz CT molecular complexity index is 486. The second kappa shape index (κ2) is 6.21. The van der Waals surface area contributed by atoms with Gasteiger partial charge >= 0.3 is 12.1 Å². The van der Waals surface area contributed by atoms with E-state index in [-0.39, 0.29) is 12.0 Å². The number of benzene rings is 1. The Balaban J connectivity index is 3.20. The van der Waals surface area contributed by atoms with Crippen LogP contribution in [0.15, 0.2) is 18.2 Å². The number of esters is 1. The molecule has 20 heavy (non-hydrogen) atoms. The van der Waals surface area contributed by atoms with Gasteiger partial charge in [-0.1, -0.05) is 0 Å². The van der Waals surface area contributed by atoms with Gasteiger partial charge in [0.05, 0.1) is 19.1 Å². The minimum absolute atomic E-state index is 0.0257. The van der Waals surface area contributed by atoms with Crippen LogP contribution in [-0.4, -0.2) is 19.1 Å². The first kappa shape index (κ1) is 16.4. The van der Waals surface area contributed by atoms with Crippen molar-refractivity contribution in [3.05, 3.63) is 35.1 Å². The monoisotopic (exact) mass is 293 g/mol. The van der Waals surface area contributed by atoms with Crippen LogP contribution < -0.4 is 5.73 Å². The van der Waals surface area contributed by atoms with Crippen molar-refractivity contribution in [3.8, 4) is 0 Å². The van der Waals surface area contributed by atoms with Crippen LogP contribution in [0.1, 0.15) is 30.4 Å². The molecule has 0 fully saturated rings. The third kappa shape index (κ3) is 4.19. The van der Waals surface area contributed by atoms with Crippen molar-refractivity contribution < 1.29 is 27.1 Å². The molecule has 0 saturated carbocycles. The van der Waals surface area contributed by atoms with Crippen molar-refractivity contribution in [1.29, 1.82) is 0 Å². The highest BCUT2D eigenvalue weighted by molar-refractivity contribution is 5.70. The SMILES string of the molecule is COC(=O)CC(c1cc(F)cc(C(F)(F)F)c1)C(C)N. The molecule has 0 aromatic heterocycles. The van der Waals surface area contributed by atoms with Crippen LogP contribution in [0.3, 0.4) is 0 Å². The number of alkyl halides is 3. The molecule has 0 bridgehead atoms. The summed E-state index contributed by atoms with van der Waals surface area (Å²) < 4.78 is 55.8. The van der Waals surface area contributed by atoms with Crippen molar-refractivity contribution in [1.82, 2.24) is 0 Å². The molecule has 0 saturated heterocycles. The first-order valence-corrected chi connectivity index (χ1v) is 5.85. The second-order valence-corrected chi connectivity index (χ2v) is 4.52. The number of ether oxygens (including phenoxy) is 1. The van der Waals surface area contributed by atoms with E-state index in [9.17, 15) is 22.4 Å². The Kier molecular flexibility index (Phi) is 5.10. The van der Waals surface area contributed by atoms with Crippen LogP contribution in [0.2, 0.25) is 0 Å². The summed E-state index contributed by atoms with van der Waals surface area (Å²) in [5.74, 6) is -2.39. The number of carbonyl (C=O) groups excluding carboxylic acids is 1. The largest absolute Gasteiger partial charge is 0.469 e. The minimum Gasteiger partial charge on any atom is -0.469 e. The topological polar surface area (TPSA) is 52.3 Å². The summed E-state index contributed by atoms with van der Waals surface area (Å²) >= 11 is 0. The van der Waals surface area contributed by atoms with E-state index in [2.05, 4.69) is 4.74 Å². The van der Waals surface area contributed by atoms with Gasteiger partial charge < -0.3 is 10.5 Å². The lowest BCUT2D eigenvalue weighted by Gasteiger charge is -2.21. The third-order valence-corrected chi connectivity index (χ3v) is 2.92. The fraction of sp³-hybridized carbons (Fsp3) is 0.462. The Labute approximate surface area is 113 Å². The molecule has 2 N–H and O–H groups in total. The fourth-order valence-corrected chi connectivity index (χ4v) is 1.86. The first-order valence-electron chi connectivity index (χ1n) is 5.85. The summed E-state index contributed by atoms with van der Waals surface area (Å²) in [6, 6.07) is 1.53. The molecule has 0 radical (unpaired) electrons. The van der Waals surface area contributed by atoms with E-state index in [0.29, 0.717) is 6.07 Å². The summed E-state index contributed by atoms with van der Waals surface area (Å²) in [7, 11) is 1.16. The molecule has 0 heterocycles. The van der Waals surface area contributed by atoms with Gasteiger partial charge in [0.15, 0.2) is 0 Å². The number of hydrogen-bond acceptors (Lipinski definition) is 3. The highest BCUT2D eigenvalue weighted by atomic mass is 19.4. The second-order valence-electron chi connectivity index (χ2n) is 4.52. The lowest BCUT2D eigenvalue weighted by molar-refractivity contribution is -0.141. The molecule has 0 aliphatic rings. The molecular weight excluding hydrogens is 278 g/mol. The Morgan fingerprint density at radius 2 is 1.95 bits per heavy atom. The van der Waals surface area contributed by atoms with Gasteiger partial charge in [-0.15, -0.1) is 0 Å². The number of carbonyl (C=O) groups is 1. The smallest absolute Gasteiger partial charge is 0.416 e. The molecule has 2 atom stereocenters. The summed E-state index contributed by atoms with van der Waals surface area (Å²) in [5, 5.41) is 0. The maximum atomic E-state index is 13.3. The lowest BCUT2D eigenvalue weighted by Crippen LogP contribution is -2.27. The van der Waals surface area contributed by atoms with Crippen molar-refractivity contribution in [2.24, 2.45) is 5.73 Å². The van der Waals surface area contributed by atoms with Crippen LogP contribution in [0.25, 0.3) is 0 Å². The molecule has 1 aromatic rings. The van der Waals surface area contributed by atoms with E-state index in [1.165, 1.54) is 6.92 Å². The predicted octanol–water partition coefficient (Wildman–Crippen LogP) is 2.84. The van der Waals surface area contributed by atoms with E-state index >= 15 is 0 Å². The normalized spacial score (nSPS) is 14.8. The van der Waals surface area contributed by atoms with Gasteiger partial charge in [-0.05, 0) is 30.7 Å². The van der Waals surface area contributed by atoms with Crippen LogP contribution in [0.5, 0.6) is 0 Å². The van der Waals surface area contributed by atoms with Crippen LogP contribution in [0, 0.1) is 5.82 Å². The summed E-state index contributed by atoms with van der Waals surface area (Å²) in [6.07, 6.45) is -4.88. The third-order valence-electron chi connectivity index (χ3n) is 2.92. The van der Waals surface area contributed by atoms with Gasteiger partial charge in [0.2, 0.25) is 0 Å².